The van der Waals surface area contributed by atoms with Crippen molar-refractivity contribution in [1.82, 2.24) is 20.2 Å². The second-order valence-corrected chi connectivity index (χ2v) is 6.50. The Morgan fingerprint density at radius 2 is 2.24 bits per heavy atom. The summed E-state index contributed by atoms with van der Waals surface area (Å²) in [7, 11) is 0. The highest BCUT2D eigenvalue weighted by atomic mass is 32.1. The van der Waals surface area contributed by atoms with Crippen molar-refractivity contribution in [3.05, 3.63) is 17.0 Å². The second-order valence-electron chi connectivity index (χ2n) is 5.58. The van der Waals surface area contributed by atoms with Gasteiger partial charge >= 0.3 is 5.97 Å². The quantitative estimate of drug-likeness (QED) is 0.918. The summed E-state index contributed by atoms with van der Waals surface area (Å²) in [6.07, 6.45) is 4.24. The highest BCUT2D eigenvalue weighted by molar-refractivity contribution is 7.13. The first-order valence-corrected chi connectivity index (χ1v) is 8.10. The lowest BCUT2D eigenvalue weighted by molar-refractivity contribution is -0.149. The third-order valence-electron chi connectivity index (χ3n) is 4.33. The molecule has 0 saturated heterocycles. The first-order valence-electron chi connectivity index (χ1n) is 7.22. The maximum Gasteiger partial charge on any atom is 0.311 e. The molecule has 112 valence electrons. The van der Waals surface area contributed by atoms with Gasteiger partial charge in [0.1, 0.15) is 0 Å². The molecule has 6 nitrogen and oxygen atoms in total. The Hall–Kier alpha value is -1.76. The van der Waals surface area contributed by atoms with Crippen LogP contribution in [0.2, 0.25) is 0 Å². The topological polar surface area (TPSA) is 80.9 Å². The number of tetrazole rings is 1. The number of aromatic nitrogens is 4. The predicted octanol–water partition coefficient (Wildman–Crippen LogP) is 2.61. The van der Waals surface area contributed by atoms with Crippen molar-refractivity contribution in [1.29, 1.82) is 0 Å². The van der Waals surface area contributed by atoms with Crippen LogP contribution in [0, 0.1) is 5.41 Å². The molecule has 2 heterocycles. The number of carbonyl (C=O) groups is 1. The molecule has 1 aliphatic carbocycles. The summed E-state index contributed by atoms with van der Waals surface area (Å²) in [4.78, 5) is 12.7. The number of hydrogen-bond acceptors (Lipinski definition) is 5. The molecule has 0 unspecified atom stereocenters. The van der Waals surface area contributed by atoms with Crippen LogP contribution in [0.3, 0.4) is 0 Å². The van der Waals surface area contributed by atoms with E-state index in [2.05, 4.69) is 28.5 Å². The Morgan fingerprint density at radius 1 is 1.48 bits per heavy atom. The van der Waals surface area contributed by atoms with Crippen molar-refractivity contribution < 1.29 is 9.90 Å². The van der Waals surface area contributed by atoms with Crippen molar-refractivity contribution in [2.75, 3.05) is 0 Å². The van der Waals surface area contributed by atoms with E-state index in [9.17, 15) is 9.90 Å². The van der Waals surface area contributed by atoms with Gasteiger partial charge in [-0.15, -0.1) is 16.4 Å². The summed E-state index contributed by atoms with van der Waals surface area (Å²) in [6.45, 7) is 2.45. The number of nitrogens with zero attached hydrogens (tertiary/aromatic N) is 4. The molecule has 1 N–H and O–H groups in total. The van der Waals surface area contributed by atoms with Crippen LogP contribution < -0.4 is 0 Å². The molecule has 0 amide bonds. The minimum absolute atomic E-state index is 0.353. The lowest BCUT2D eigenvalue weighted by atomic mass is 9.86. The van der Waals surface area contributed by atoms with Gasteiger partial charge in [-0.25, -0.2) is 4.68 Å². The van der Waals surface area contributed by atoms with Gasteiger partial charge < -0.3 is 5.11 Å². The number of hydrogen-bond donors (Lipinski definition) is 1. The molecular weight excluding hydrogens is 288 g/mol. The highest BCUT2D eigenvalue weighted by Crippen LogP contribution is 2.40. The van der Waals surface area contributed by atoms with E-state index in [1.54, 1.807) is 16.0 Å². The van der Waals surface area contributed by atoms with Gasteiger partial charge in [-0.2, -0.15) is 0 Å². The van der Waals surface area contributed by atoms with Gasteiger partial charge in [0.15, 0.2) is 5.82 Å². The molecule has 0 atom stereocenters. The maximum atomic E-state index is 11.7. The number of aliphatic carboxylic acids is 1. The van der Waals surface area contributed by atoms with E-state index in [0.717, 1.165) is 24.1 Å². The molecule has 2 aromatic rings. The molecule has 7 heteroatoms. The van der Waals surface area contributed by atoms with E-state index in [1.165, 1.54) is 5.56 Å². The summed E-state index contributed by atoms with van der Waals surface area (Å²) in [6, 6.07) is 2.07. The number of aryl methyl sites for hydroxylation is 1. The van der Waals surface area contributed by atoms with E-state index in [-0.39, 0.29) is 0 Å². The second kappa shape index (κ2) is 5.55. The minimum Gasteiger partial charge on any atom is -0.481 e. The fourth-order valence-electron chi connectivity index (χ4n) is 3.06. The molecule has 1 fully saturated rings. The predicted molar refractivity (Wildman–Crippen MR) is 79.0 cm³/mol. The standard InChI is InChI=1S/C14H18N4O2S/c1-2-10-5-8-21-11(10)12-15-16-17-18(12)9-14(13(19)20)6-3-4-7-14/h5,8H,2-4,6-7,9H2,1H3,(H,19,20). The van der Waals surface area contributed by atoms with Crippen LogP contribution >= 0.6 is 11.3 Å². The fourth-order valence-corrected chi connectivity index (χ4v) is 4.05. The SMILES string of the molecule is CCc1ccsc1-c1nnnn1CC1(C(=O)O)CCCC1. The molecule has 1 aliphatic rings. The first kappa shape index (κ1) is 14.2. The van der Waals surface area contributed by atoms with Gasteiger partial charge in [0, 0.05) is 0 Å². The Bertz CT molecular complexity index is 643. The molecule has 0 radical (unpaired) electrons. The number of rotatable bonds is 5. The summed E-state index contributed by atoms with van der Waals surface area (Å²) >= 11 is 1.60. The van der Waals surface area contributed by atoms with Crippen LogP contribution in [-0.4, -0.2) is 31.3 Å². The molecule has 21 heavy (non-hydrogen) atoms. The van der Waals surface area contributed by atoms with Gasteiger partial charge in [0.05, 0.1) is 16.8 Å². The lowest BCUT2D eigenvalue weighted by Gasteiger charge is -2.23. The zero-order valence-corrected chi connectivity index (χ0v) is 12.8. The van der Waals surface area contributed by atoms with Crippen molar-refractivity contribution in [3.63, 3.8) is 0 Å². The number of carboxylic acid groups (broad SMARTS) is 1. The van der Waals surface area contributed by atoms with E-state index in [1.807, 2.05) is 5.38 Å². The highest BCUT2D eigenvalue weighted by Gasteiger charge is 2.42. The van der Waals surface area contributed by atoms with Crippen molar-refractivity contribution in [2.24, 2.45) is 5.41 Å². The van der Waals surface area contributed by atoms with Gasteiger partial charge in [-0.3, -0.25) is 4.79 Å². The van der Waals surface area contributed by atoms with Crippen LogP contribution in [0.4, 0.5) is 0 Å². The Morgan fingerprint density at radius 3 is 2.90 bits per heavy atom. The zero-order valence-electron chi connectivity index (χ0n) is 11.9. The summed E-state index contributed by atoms with van der Waals surface area (Å²) in [5, 5.41) is 23.5. The van der Waals surface area contributed by atoms with Crippen molar-refractivity contribution >= 4 is 17.3 Å². The van der Waals surface area contributed by atoms with Crippen LogP contribution in [-0.2, 0) is 17.8 Å². The van der Waals surface area contributed by atoms with E-state index in [4.69, 9.17) is 0 Å². The monoisotopic (exact) mass is 306 g/mol. The average molecular weight is 306 g/mol. The molecule has 0 bridgehead atoms. The van der Waals surface area contributed by atoms with E-state index in [0.29, 0.717) is 25.2 Å². The van der Waals surface area contributed by atoms with E-state index >= 15 is 0 Å². The number of carboxylic acids is 1. The maximum absolute atomic E-state index is 11.7. The minimum atomic E-state index is -0.733. The third-order valence-corrected chi connectivity index (χ3v) is 5.28. The lowest BCUT2D eigenvalue weighted by Crippen LogP contribution is -2.33. The Labute approximate surface area is 126 Å². The largest absolute Gasteiger partial charge is 0.481 e. The third kappa shape index (κ3) is 2.46. The van der Waals surface area contributed by atoms with Gasteiger partial charge in [0.25, 0.3) is 0 Å². The van der Waals surface area contributed by atoms with Crippen LogP contribution in [0.15, 0.2) is 11.4 Å². The number of thiophene rings is 1. The first-order chi connectivity index (χ1) is 10.2. The van der Waals surface area contributed by atoms with Gasteiger partial charge in [0.2, 0.25) is 0 Å². The molecule has 3 rings (SSSR count). The molecular formula is C14H18N4O2S. The van der Waals surface area contributed by atoms with Gasteiger partial charge in [-0.05, 0) is 46.7 Å². The molecule has 0 aromatic carbocycles. The average Bonchev–Trinajstić information content (AvgIpc) is 3.18. The summed E-state index contributed by atoms with van der Waals surface area (Å²) < 4.78 is 1.67. The van der Waals surface area contributed by atoms with E-state index < -0.39 is 11.4 Å². The zero-order chi connectivity index (χ0) is 14.9. The molecule has 0 aliphatic heterocycles. The van der Waals surface area contributed by atoms with Crippen LogP contribution in [0.5, 0.6) is 0 Å². The Balaban J connectivity index is 1.94. The fraction of sp³-hybridized carbons (Fsp3) is 0.571. The molecule has 0 spiro atoms. The molecule has 1 saturated carbocycles. The van der Waals surface area contributed by atoms with Gasteiger partial charge in [-0.1, -0.05) is 19.8 Å². The Kier molecular flexibility index (Phi) is 3.75. The molecule has 2 aromatic heterocycles. The summed E-state index contributed by atoms with van der Waals surface area (Å²) in [5.74, 6) is -0.0438. The van der Waals surface area contributed by atoms with Crippen molar-refractivity contribution in [3.8, 4) is 10.7 Å². The summed E-state index contributed by atoms with van der Waals surface area (Å²) in [5.41, 5.74) is 0.486. The van der Waals surface area contributed by atoms with Crippen LogP contribution in [0.25, 0.3) is 10.7 Å². The van der Waals surface area contributed by atoms with Crippen LogP contribution in [0.1, 0.15) is 38.2 Å². The smallest absolute Gasteiger partial charge is 0.311 e. The van der Waals surface area contributed by atoms with Crippen molar-refractivity contribution in [2.45, 2.75) is 45.6 Å². The normalized spacial score (nSPS) is 17.2.